The number of aromatic nitrogens is 2. The highest BCUT2D eigenvalue weighted by atomic mass is 32.2. The number of hydrogen-bond acceptors (Lipinski definition) is 6. The smallest absolute Gasteiger partial charge is 0.408 e. The Labute approximate surface area is 121 Å². The van der Waals surface area contributed by atoms with Gasteiger partial charge in [-0.1, -0.05) is 11.3 Å². The van der Waals surface area contributed by atoms with E-state index in [4.69, 9.17) is 4.42 Å². The van der Waals surface area contributed by atoms with Crippen LogP contribution in [-0.2, 0) is 10.0 Å². The van der Waals surface area contributed by atoms with Crippen LogP contribution in [0.4, 0.5) is 5.69 Å². The van der Waals surface area contributed by atoms with Crippen LogP contribution < -0.4 is 15.4 Å². The number of rotatable bonds is 3. The maximum atomic E-state index is 12.2. The number of oxazole rings is 1. The summed E-state index contributed by atoms with van der Waals surface area (Å²) in [5.41, 5.74) is 1.22. The van der Waals surface area contributed by atoms with E-state index >= 15 is 0 Å². The predicted molar refractivity (Wildman–Crippen MR) is 77.3 cm³/mol. The third-order valence-electron chi connectivity index (χ3n) is 2.70. The summed E-state index contributed by atoms with van der Waals surface area (Å²) in [6, 6.07) is 4.36. The lowest BCUT2D eigenvalue weighted by Gasteiger charge is -2.06. The first-order chi connectivity index (χ1) is 9.85. The van der Waals surface area contributed by atoms with E-state index in [9.17, 15) is 18.0 Å². The Hall–Kier alpha value is -2.33. The molecular weight excluding hydrogens is 318 g/mol. The van der Waals surface area contributed by atoms with Crippen molar-refractivity contribution in [3.05, 3.63) is 44.1 Å². The number of thiazole rings is 1. The molecule has 3 N–H and O–H groups in total. The SMILES string of the molecule is Cc1[nH]c(=O)sc1S(=O)(=O)Nc1ccc2oc(=O)[nH]c2c1. The van der Waals surface area contributed by atoms with Crippen LogP contribution >= 0.6 is 11.3 Å². The molecule has 0 aliphatic heterocycles. The molecule has 3 aromatic rings. The Morgan fingerprint density at radius 1 is 1.24 bits per heavy atom. The largest absolute Gasteiger partial charge is 0.417 e. The van der Waals surface area contributed by atoms with Crippen LogP contribution in [0.5, 0.6) is 0 Å². The molecule has 110 valence electrons. The van der Waals surface area contributed by atoms with Crippen LogP contribution in [0.2, 0.25) is 0 Å². The van der Waals surface area contributed by atoms with Crippen molar-refractivity contribution in [1.29, 1.82) is 0 Å². The summed E-state index contributed by atoms with van der Waals surface area (Å²) in [6.45, 7) is 1.50. The van der Waals surface area contributed by atoms with Crippen molar-refractivity contribution >= 4 is 38.1 Å². The molecule has 0 radical (unpaired) electrons. The highest BCUT2D eigenvalue weighted by Gasteiger charge is 2.20. The Morgan fingerprint density at radius 3 is 2.67 bits per heavy atom. The summed E-state index contributed by atoms with van der Waals surface area (Å²) in [4.78, 5) is 26.7. The van der Waals surface area contributed by atoms with E-state index in [1.165, 1.54) is 25.1 Å². The van der Waals surface area contributed by atoms with Gasteiger partial charge < -0.3 is 9.40 Å². The molecule has 2 heterocycles. The summed E-state index contributed by atoms with van der Waals surface area (Å²) < 4.78 is 31.5. The number of aromatic amines is 2. The molecule has 0 saturated heterocycles. The number of H-pyrrole nitrogens is 2. The van der Waals surface area contributed by atoms with Gasteiger partial charge in [-0.15, -0.1) is 0 Å². The number of anilines is 1. The van der Waals surface area contributed by atoms with E-state index in [2.05, 4.69) is 14.7 Å². The van der Waals surface area contributed by atoms with Gasteiger partial charge in [0.25, 0.3) is 10.0 Å². The summed E-state index contributed by atoms with van der Waals surface area (Å²) in [6.07, 6.45) is 0. The highest BCUT2D eigenvalue weighted by Crippen LogP contribution is 2.22. The van der Waals surface area contributed by atoms with Crippen molar-refractivity contribution in [3.8, 4) is 0 Å². The minimum absolute atomic E-state index is 0.0757. The number of aryl methyl sites for hydroxylation is 1. The standard InChI is InChI=1S/C11H9N3O5S2/c1-5-9(20-11(16)12-5)21(17,18)14-6-2-3-8-7(4-6)13-10(15)19-8/h2-4,14H,1H3,(H,12,16)(H,13,15). The van der Waals surface area contributed by atoms with Crippen molar-refractivity contribution in [2.45, 2.75) is 11.1 Å². The van der Waals surface area contributed by atoms with Gasteiger partial charge in [-0.2, -0.15) is 0 Å². The number of benzene rings is 1. The first kappa shape index (κ1) is 13.6. The van der Waals surface area contributed by atoms with Gasteiger partial charge in [-0.05, 0) is 25.1 Å². The van der Waals surface area contributed by atoms with Crippen molar-refractivity contribution < 1.29 is 12.8 Å². The zero-order valence-corrected chi connectivity index (χ0v) is 12.2. The Morgan fingerprint density at radius 2 is 2.00 bits per heavy atom. The topological polar surface area (TPSA) is 125 Å². The van der Waals surface area contributed by atoms with Gasteiger partial charge in [-0.25, -0.2) is 13.2 Å². The van der Waals surface area contributed by atoms with E-state index in [1.807, 2.05) is 0 Å². The maximum Gasteiger partial charge on any atom is 0.417 e. The summed E-state index contributed by atoms with van der Waals surface area (Å²) in [5.74, 6) is -0.621. The molecule has 1 aromatic carbocycles. The zero-order chi connectivity index (χ0) is 15.2. The van der Waals surface area contributed by atoms with E-state index in [-0.39, 0.29) is 15.6 Å². The van der Waals surface area contributed by atoms with Crippen LogP contribution in [0.15, 0.2) is 36.4 Å². The summed E-state index contributed by atoms with van der Waals surface area (Å²) in [5, 5.41) is 0. The maximum absolute atomic E-state index is 12.2. The van der Waals surface area contributed by atoms with Crippen molar-refractivity contribution in [1.82, 2.24) is 9.97 Å². The molecule has 21 heavy (non-hydrogen) atoms. The van der Waals surface area contributed by atoms with Gasteiger partial charge in [0, 0.05) is 5.69 Å². The second-order valence-electron chi connectivity index (χ2n) is 4.26. The molecule has 3 rings (SSSR count). The predicted octanol–water partition coefficient (Wildman–Crippen LogP) is 0.980. The second kappa shape index (κ2) is 4.60. The molecule has 2 aromatic heterocycles. The molecule has 0 unspecified atom stereocenters. The van der Waals surface area contributed by atoms with Gasteiger partial charge >= 0.3 is 10.6 Å². The fourth-order valence-electron chi connectivity index (χ4n) is 1.86. The van der Waals surface area contributed by atoms with Crippen LogP contribution in [0.1, 0.15) is 5.69 Å². The van der Waals surface area contributed by atoms with Gasteiger partial charge in [0.15, 0.2) is 9.79 Å². The van der Waals surface area contributed by atoms with Gasteiger partial charge in [0.2, 0.25) is 0 Å². The number of hydrogen-bond donors (Lipinski definition) is 3. The average Bonchev–Trinajstić information content (AvgIpc) is 2.90. The fourth-order valence-corrected chi connectivity index (χ4v) is 4.22. The van der Waals surface area contributed by atoms with Crippen molar-refractivity contribution in [3.63, 3.8) is 0 Å². The molecule has 0 aliphatic carbocycles. The quantitative estimate of drug-likeness (QED) is 0.661. The molecule has 0 bridgehead atoms. The lowest BCUT2D eigenvalue weighted by molar-refractivity contribution is 0.555. The van der Waals surface area contributed by atoms with E-state index in [0.717, 1.165) is 0 Å². The van der Waals surface area contributed by atoms with Gasteiger partial charge in [-0.3, -0.25) is 14.5 Å². The lowest BCUT2D eigenvalue weighted by atomic mass is 10.3. The van der Waals surface area contributed by atoms with Crippen LogP contribution in [-0.4, -0.2) is 18.4 Å². The van der Waals surface area contributed by atoms with Gasteiger partial charge in [0.1, 0.15) is 0 Å². The molecule has 0 spiro atoms. The van der Waals surface area contributed by atoms with Gasteiger partial charge in [0.05, 0.1) is 11.2 Å². The Bertz CT molecular complexity index is 1040. The zero-order valence-electron chi connectivity index (χ0n) is 10.6. The van der Waals surface area contributed by atoms with E-state index in [0.29, 0.717) is 22.4 Å². The van der Waals surface area contributed by atoms with Crippen LogP contribution in [0.25, 0.3) is 11.1 Å². The number of nitrogens with one attached hydrogen (secondary N) is 3. The van der Waals surface area contributed by atoms with E-state index < -0.39 is 20.7 Å². The summed E-state index contributed by atoms with van der Waals surface area (Å²) >= 11 is 0.610. The normalized spacial score (nSPS) is 11.9. The molecule has 0 fully saturated rings. The number of sulfonamides is 1. The minimum Gasteiger partial charge on any atom is -0.408 e. The molecule has 0 atom stereocenters. The third kappa shape index (κ3) is 2.50. The van der Waals surface area contributed by atoms with Crippen molar-refractivity contribution in [2.24, 2.45) is 0 Å². The van der Waals surface area contributed by atoms with Crippen LogP contribution in [0, 0.1) is 6.92 Å². The van der Waals surface area contributed by atoms with Crippen molar-refractivity contribution in [2.75, 3.05) is 4.72 Å². The molecule has 0 saturated carbocycles. The first-order valence-electron chi connectivity index (χ1n) is 5.70. The Kier molecular flexibility index (Phi) is 2.99. The molecule has 8 nitrogen and oxygen atoms in total. The lowest BCUT2D eigenvalue weighted by Crippen LogP contribution is -2.12. The fraction of sp³-hybridized carbons (Fsp3) is 0.0909. The third-order valence-corrected chi connectivity index (χ3v) is 5.68. The second-order valence-corrected chi connectivity index (χ2v) is 7.12. The minimum atomic E-state index is -3.87. The Balaban J connectivity index is 2.02. The van der Waals surface area contributed by atoms with Crippen LogP contribution in [0.3, 0.4) is 0 Å². The molecule has 10 heteroatoms. The highest BCUT2D eigenvalue weighted by molar-refractivity contribution is 7.94. The number of fused-ring (bicyclic) bond motifs is 1. The average molecular weight is 327 g/mol. The summed E-state index contributed by atoms with van der Waals surface area (Å²) in [7, 11) is -3.87. The first-order valence-corrected chi connectivity index (χ1v) is 8.00. The molecular formula is C11H9N3O5S2. The molecule has 0 amide bonds. The monoisotopic (exact) mass is 327 g/mol. The molecule has 0 aliphatic rings. The van der Waals surface area contributed by atoms with E-state index in [1.54, 1.807) is 0 Å².